The van der Waals surface area contributed by atoms with Gasteiger partial charge in [-0.1, -0.05) is 12.1 Å². The predicted molar refractivity (Wildman–Crippen MR) is 89.4 cm³/mol. The number of anilines is 2. The molecule has 0 atom stereocenters. The van der Waals surface area contributed by atoms with E-state index in [0.29, 0.717) is 0 Å². The first-order valence-electron chi connectivity index (χ1n) is 7.72. The van der Waals surface area contributed by atoms with E-state index in [4.69, 9.17) is 4.98 Å². The van der Waals surface area contributed by atoms with Gasteiger partial charge in [0.05, 0.1) is 6.20 Å². The summed E-state index contributed by atoms with van der Waals surface area (Å²) in [7, 11) is 1.92. The monoisotopic (exact) mass is 293 g/mol. The third-order valence-electron chi connectivity index (χ3n) is 4.28. The van der Waals surface area contributed by atoms with Gasteiger partial charge in [-0.3, -0.25) is 9.38 Å². The van der Waals surface area contributed by atoms with Crippen molar-refractivity contribution in [2.75, 3.05) is 30.4 Å². The summed E-state index contributed by atoms with van der Waals surface area (Å²) in [6, 6.07) is 8.71. The van der Waals surface area contributed by atoms with E-state index in [9.17, 15) is 0 Å². The summed E-state index contributed by atoms with van der Waals surface area (Å²) in [4.78, 5) is 11.3. The second kappa shape index (κ2) is 5.33. The van der Waals surface area contributed by atoms with E-state index in [0.717, 1.165) is 22.7 Å². The molecule has 1 fully saturated rings. The fourth-order valence-electron chi connectivity index (χ4n) is 3.15. The summed E-state index contributed by atoms with van der Waals surface area (Å²) in [5.74, 6) is 0.992. The van der Waals surface area contributed by atoms with Crippen LogP contribution >= 0.6 is 0 Å². The summed E-state index contributed by atoms with van der Waals surface area (Å²) in [6.07, 6.45) is 8.07. The Morgan fingerprint density at radius 3 is 2.59 bits per heavy atom. The molecule has 0 spiro atoms. The molecule has 0 saturated carbocycles. The average molecular weight is 293 g/mol. The molecule has 5 nitrogen and oxygen atoms in total. The molecular formula is C17H19N5. The number of imidazole rings is 1. The van der Waals surface area contributed by atoms with Crippen molar-refractivity contribution in [1.82, 2.24) is 14.4 Å². The molecule has 3 aromatic rings. The third-order valence-corrected chi connectivity index (χ3v) is 4.28. The second-order valence-electron chi connectivity index (χ2n) is 5.60. The molecule has 1 N–H and O–H groups in total. The van der Waals surface area contributed by atoms with Crippen molar-refractivity contribution in [3.63, 3.8) is 0 Å². The topological polar surface area (TPSA) is 45.5 Å². The minimum absolute atomic E-state index is 0.852. The molecule has 0 unspecified atom stereocenters. The van der Waals surface area contributed by atoms with Gasteiger partial charge in [-0.25, -0.2) is 4.98 Å². The number of fused-ring (bicyclic) bond motifs is 1. The van der Waals surface area contributed by atoms with Gasteiger partial charge in [0.2, 0.25) is 0 Å². The van der Waals surface area contributed by atoms with Crippen LogP contribution in [0.15, 0.2) is 42.9 Å². The summed E-state index contributed by atoms with van der Waals surface area (Å²) < 4.78 is 2.02. The van der Waals surface area contributed by atoms with E-state index in [1.807, 2.05) is 17.6 Å². The number of hydrogen-bond donors (Lipinski definition) is 1. The lowest BCUT2D eigenvalue weighted by atomic mass is 10.1. The Morgan fingerprint density at radius 1 is 1.09 bits per heavy atom. The highest BCUT2D eigenvalue weighted by molar-refractivity contribution is 5.77. The van der Waals surface area contributed by atoms with Gasteiger partial charge < -0.3 is 10.2 Å². The fraction of sp³-hybridized carbons (Fsp3) is 0.294. The maximum atomic E-state index is 4.71. The van der Waals surface area contributed by atoms with Crippen LogP contribution in [0.25, 0.3) is 16.9 Å². The van der Waals surface area contributed by atoms with Gasteiger partial charge in [0.25, 0.3) is 0 Å². The Labute approximate surface area is 129 Å². The standard InChI is InChI=1S/C17H19N5/c1-18-17-16(20-15-12-19-8-11-22(15)17)13-4-6-14(7-5-13)21-9-2-3-10-21/h4-8,11-12,18H,2-3,9-10H2,1H3. The summed E-state index contributed by atoms with van der Waals surface area (Å²) in [5.41, 5.74) is 4.24. The van der Waals surface area contributed by atoms with Crippen molar-refractivity contribution in [3.05, 3.63) is 42.9 Å². The lowest BCUT2D eigenvalue weighted by molar-refractivity contribution is 0.949. The molecule has 0 bridgehead atoms. The molecule has 112 valence electrons. The molecule has 3 heterocycles. The van der Waals surface area contributed by atoms with Crippen molar-refractivity contribution in [1.29, 1.82) is 0 Å². The van der Waals surface area contributed by atoms with Gasteiger partial charge in [-0.2, -0.15) is 0 Å². The molecule has 2 aromatic heterocycles. The minimum Gasteiger partial charge on any atom is -0.372 e. The van der Waals surface area contributed by atoms with E-state index in [2.05, 4.69) is 39.5 Å². The maximum absolute atomic E-state index is 4.71. The van der Waals surface area contributed by atoms with Crippen LogP contribution in [0.1, 0.15) is 12.8 Å². The lowest BCUT2D eigenvalue weighted by Crippen LogP contribution is -2.17. The highest BCUT2D eigenvalue weighted by atomic mass is 15.1. The molecule has 0 radical (unpaired) electrons. The van der Waals surface area contributed by atoms with Gasteiger partial charge in [-0.05, 0) is 25.0 Å². The van der Waals surface area contributed by atoms with Crippen LogP contribution in [0, 0.1) is 0 Å². The van der Waals surface area contributed by atoms with E-state index in [1.165, 1.54) is 31.6 Å². The summed E-state index contributed by atoms with van der Waals surface area (Å²) in [6.45, 7) is 2.34. The van der Waals surface area contributed by atoms with Crippen molar-refractivity contribution >= 4 is 17.2 Å². The molecule has 5 heteroatoms. The van der Waals surface area contributed by atoms with Crippen molar-refractivity contribution in [2.24, 2.45) is 0 Å². The number of nitrogens with zero attached hydrogens (tertiary/aromatic N) is 4. The van der Waals surface area contributed by atoms with Gasteiger partial charge in [-0.15, -0.1) is 0 Å². The van der Waals surface area contributed by atoms with Crippen LogP contribution in [-0.2, 0) is 0 Å². The second-order valence-corrected chi connectivity index (χ2v) is 5.60. The van der Waals surface area contributed by atoms with Gasteiger partial charge >= 0.3 is 0 Å². The van der Waals surface area contributed by atoms with Crippen LogP contribution < -0.4 is 10.2 Å². The normalized spacial score (nSPS) is 14.7. The zero-order chi connectivity index (χ0) is 14.9. The summed E-state index contributed by atoms with van der Waals surface area (Å²) in [5, 5.41) is 3.25. The molecule has 1 aliphatic heterocycles. The third kappa shape index (κ3) is 2.09. The van der Waals surface area contributed by atoms with Gasteiger partial charge in [0.15, 0.2) is 5.65 Å². The Balaban J connectivity index is 1.75. The highest BCUT2D eigenvalue weighted by Crippen LogP contribution is 2.30. The van der Waals surface area contributed by atoms with Crippen molar-refractivity contribution in [3.8, 4) is 11.3 Å². The smallest absolute Gasteiger partial charge is 0.157 e. The highest BCUT2D eigenvalue weighted by Gasteiger charge is 2.15. The number of benzene rings is 1. The molecule has 1 saturated heterocycles. The van der Waals surface area contributed by atoms with E-state index in [-0.39, 0.29) is 0 Å². The average Bonchev–Trinajstić information content (AvgIpc) is 3.22. The zero-order valence-electron chi connectivity index (χ0n) is 12.7. The number of hydrogen-bond acceptors (Lipinski definition) is 4. The Bertz CT molecular complexity index is 784. The Kier molecular flexibility index (Phi) is 3.18. The van der Waals surface area contributed by atoms with Crippen LogP contribution in [0.5, 0.6) is 0 Å². The molecule has 4 rings (SSSR count). The number of rotatable bonds is 3. The van der Waals surface area contributed by atoms with Crippen LogP contribution in [0.3, 0.4) is 0 Å². The van der Waals surface area contributed by atoms with Crippen LogP contribution in [0.4, 0.5) is 11.5 Å². The quantitative estimate of drug-likeness (QED) is 0.806. The maximum Gasteiger partial charge on any atom is 0.157 e. The van der Waals surface area contributed by atoms with E-state index < -0.39 is 0 Å². The van der Waals surface area contributed by atoms with Crippen molar-refractivity contribution in [2.45, 2.75) is 12.8 Å². The fourth-order valence-corrected chi connectivity index (χ4v) is 3.15. The van der Waals surface area contributed by atoms with E-state index >= 15 is 0 Å². The largest absolute Gasteiger partial charge is 0.372 e. The minimum atomic E-state index is 0.852. The van der Waals surface area contributed by atoms with E-state index in [1.54, 1.807) is 12.4 Å². The number of aromatic nitrogens is 3. The molecule has 0 aliphatic carbocycles. The number of nitrogens with one attached hydrogen (secondary N) is 1. The Morgan fingerprint density at radius 2 is 1.86 bits per heavy atom. The van der Waals surface area contributed by atoms with Crippen molar-refractivity contribution < 1.29 is 0 Å². The predicted octanol–water partition coefficient (Wildman–Crippen LogP) is 3.04. The van der Waals surface area contributed by atoms with Crippen LogP contribution in [-0.4, -0.2) is 34.5 Å². The first-order chi connectivity index (χ1) is 10.9. The van der Waals surface area contributed by atoms with Gasteiger partial charge in [0, 0.05) is 43.8 Å². The Hall–Kier alpha value is -2.56. The zero-order valence-corrected chi connectivity index (χ0v) is 12.7. The molecular weight excluding hydrogens is 274 g/mol. The first-order valence-corrected chi connectivity index (χ1v) is 7.72. The molecule has 1 aromatic carbocycles. The molecule has 1 aliphatic rings. The molecule has 22 heavy (non-hydrogen) atoms. The SMILES string of the molecule is CNc1c(-c2ccc(N3CCCC3)cc2)nc2cnccn12. The summed E-state index contributed by atoms with van der Waals surface area (Å²) >= 11 is 0. The lowest BCUT2D eigenvalue weighted by Gasteiger charge is -2.17. The van der Waals surface area contributed by atoms with Crippen LogP contribution in [0.2, 0.25) is 0 Å². The molecule has 0 amide bonds. The first kappa shape index (κ1) is 13.1. The van der Waals surface area contributed by atoms with Gasteiger partial charge in [0.1, 0.15) is 11.5 Å².